The number of likely N-dealkylation sites (tertiary alicyclic amines) is 1. The molecule has 0 bridgehead atoms. The Hall–Kier alpha value is -1.25. The molecule has 1 aliphatic rings. The largest absolute Gasteiger partial charge is 3.00 e. The maximum absolute atomic E-state index is 13.8. The Morgan fingerprint density at radius 2 is 1.07 bits per heavy atom. The van der Waals surface area contributed by atoms with Crippen LogP contribution in [0.4, 0.5) is 0 Å². The second-order valence-electron chi connectivity index (χ2n) is 20.3. The van der Waals surface area contributed by atoms with Crippen LogP contribution in [-0.2, 0) is 34.7 Å². The average Bonchev–Trinajstić information content (AvgIpc) is 2.99. The molecule has 7 nitrogen and oxygen atoms in total. The number of piperidine rings is 1. The van der Waals surface area contributed by atoms with Crippen LogP contribution in [-0.4, -0.2) is 73.0 Å². The molecule has 1 fully saturated rings. The van der Waals surface area contributed by atoms with Crippen molar-refractivity contribution in [3.8, 4) is 11.5 Å². The van der Waals surface area contributed by atoms with Crippen LogP contribution in [0.5, 0.6) is 11.5 Å². The molecular formula is C46H78N5O2Yb. The van der Waals surface area contributed by atoms with Crippen molar-refractivity contribution in [2.75, 3.05) is 40.3 Å². The third kappa shape index (κ3) is 16.3. The fourth-order valence-corrected chi connectivity index (χ4v) is 6.38. The van der Waals surface area contributed by atoms with Crippen molar-refractivity contribution >= 4 is 5.96 Å². The smallest absolute Gasteiger partial charge is 0.872 e. The first-order valence-electron chi connectivity index (χ1n) is 20.2. The van der Waals surface area contributed by atoms with E-state index in [2.05, 4.69) is 174 Å². The maximum atomic E-state index is 13.8. The number of aliphatic imine (C=N–C) groups is 1. The predicted octanol–water partition coefficient (Wildman–Crippen LogP) is 9.61. The molecule has 8 heteroatoms. The van der Waals surface area contributed by atoms with Gasteiger partial charge in [-0.2, -0.15) is 0 Å². The van der Waals surface area contributed by atoms with Crippen LogP contribution >= 0.6 is 0 Å². The van der Waals surface area contributed by atoms with E-state index in [0.29, 0.717) is 25.2 Å². The van der Waals surface area contributed by atoms with Crippen molar-refractivity contribution in [1.29, 1.82) is 0 Å². The Morgan fingerprint density at radius 3 is 1.39 bits per heavy atom. The molecule has 0 saturated carbocycles. The Bertz CT molecular complexity index is 1400. The van der Waals surface area contributed by atoms with Gasteiger partial charge in [-0.3, -0.25) is 4.90 Å². The Balaban J connectivity index is 0.000000762. The van der Waals surface area contributed by atoms with E-state index in [-0.39, 0.29) is 80.1 Å². The number of likely N-dealkylation sites (N-methyl/N-ethyl adjacent to an activating group) is 1. The number of hydrogen-bond donors (Lipinski definition) is 0. The van der Waals surface area contributed by atoms with Crippen LogP contribution in [0.2, 0.25) is 0 Å². The van der Waals surface area contributed by atoms with Gasteiger partial charge in [0.15, 0.2) is 0 Å². The summed E-state index contributed by atoms with van der Waals surface area (Å²) in [4.78, 5) is 11.4. The monoisotopic (exact) mass is 907 g/mol. The van der Waals surface area contributed by atoms with E-state index < -0.39 is 0 Å². The van der Waals surface area contributed by atoms with Gasteiger partial charge in [-0.1, -0.05) is 141 Å². The van der Waals surface area contributed by atoms with Crippen LogP contribution in [0.15, 0.2) is 29.3 Å². The quantitative estimate of drug-likeness (QED) is 0.185. The molecule has 0 amide bonds. The molecule has 0 spiro atoms. The summed E-state index contributed by atoms with van der Waals surface area (Å²) in [5.74, 6) is 1.22. The van der Waals surface area contributed by atoms with Gasteiger partial charge in [-0.15, -0.1) is 11.5 Å². The Kier molecular flexibility index (Phi) is 19.7. The van der Waals surface area contributed by atoms with E-state index in [9.17, 15) is 10.2 Å². The van der Waals surface area contributed by atoms with Gasteiger partial charge in [0.05, 0.1) is 0 Å². The van der Waals surface area contributed by atoms with E-state index in [0.717, 1.165) is 54.4 Å². The SMILES string of the molecule is CC(C)N=C([N-]C(C)C)N1CCCCC1.CN(C)CCN(Cc1cc(C(C)(C)C)cc(C(C)(C)C)c1[O-])Cc1cc(C(C)(C)C)cc(C(C)(C)C)c1[O-].[Yb+3]. The minimum Gasteiger partial charge on any atom is -0.872 e. The van der Waals surface area contributed by atoms with Gasteiger partial charge in [0.2, 0.25) is 0 Å². The van der Waals surface area contributed by atoms with Crippen LogP contribution in [0, 0.1) is 46.9 Å². The first kappa shape index (κ1) is 50.8. The topological polar surface area (TPSA) is 82.3 Å². The molecule has 2 aromatic carbocycles. The van der Waals surface area contributed by atoms with Crippen LogP contribution in [0.1, 0.15) is 163 Å². The summed E-state index contributed by atoms with van der Waals surface area (Å²) in [6, 6.07) is 9.09. The summed E-state index contributed by atoms with van der Waals surface area (Å²) < 4.78 is 0. The normalized spacial score (nSPS) is 14.8. The Morgan fingerprint density at radius 1 is 0.667 bits per heavy atom. The number of hydrogen-bond acceptors (Lipinski definition) is 5. The molecule has 313 valence electrons. The van der Waals surface area contributed by atoms with Crippen molar-refractivity contribution < 1.29 is 57.1 Å². The average molecular weight is 906 g/mol. The van der Waals surface area contributed by atoms with Gasteiger partial charge in [0, 0.05) is 32.1 Å². The molecule has 1 heterocycles. The Labute approximate surface area is 371 Å². The predicted molar refractivity (Wildman–Crippen MR) is 226 cm³/mol. The zero-order chi connectivity index (χ0) is 40.7. The summed E-state index contributed by atoms with van der Waals surface area (Å²) in [5.41, 5.74) is 5.09. The van der Waals surface area contributed by atoms with Gasteiger partial charge in [-0.05, 0) is 107 Å². The molecule has 1 saturated heterocycles. The molecule has 0 aromatic heterocycles. The van der Waals surface area contributed by atoms with Crippen molar-refractivity contribution in [2.45, 2.75) is 177 Å². The molecule has 1 aliphatic heterocycles. The number of nitrogens with zero attached hydrogens (tertiary/aromatic N) is 5. The van der Waals surface area contributed by atoms with E-state index >= 15 is 0 Å². The summed E-state index contributed by atoms with van der Waals surface area (Å²) >= 11 is 0. The van der Waals surface area contributed by atoms with E-state index in [1.54, 1.807) is 0 Å². The molecule has 0 unspecified atom stereocenters. The third-order valence-electron chi connectivity index (χ3n) is 9.72. The molecule has 2 aromatic rings. The van der Waals surface area contributed by atoms with E-state index in [1.807, 2.05) is 0 Å². The molecule has 54 heavy (non-hydrogen) atoms. The molecule has 0 atom stereocenters. The molecule has 3 rings (SSSR count). The standard InChI is InChI=1S/C34H56N2O2.C12H24N3.Yb/c1-31(2,3)25-17-23(29(37)27(19-25)33(7,8)9)21-36(16-15-35(13)14)22-24-18-26(32(4,5)6)20-28(30(24)38)34(10,11)12;1-10(2)13-12(14-11(3)4)15-8-6-5-7-9-15;/h17-20,37-38H,15-16,21-22H2,1-14H3;10-11H,5-9H2,1-4H3;/q;-1;+3/p-2. The van der Waals surface area contributed by atoms with Crippen molar-refractivity contribution in [3.63, 3.8) is 0 Å². The van der Waals surface area contributed by atoms with Crippen molar-refractivity contribution in [2.24, 2.45) is 4.99 Å². The zero-order valence-electron chi connectivity index (χ0n) is 37.6. The molecule has 0 N–H and O–H groups in total. The van der Waals surface area contributed by atoms with Gasteiger partial charge in [0.25, 0.3) is 0 Å². The maximum Gasteiger partial charge on any atom is 3.00 e. The second-order valence-corrected chi connectivity index (χ2v) is 20.3. The fraction of sp³-hybridized carbons (Fsp3) is 0.717. The zero-order valence-corrected chi connectivity index (χ0v) is 39.4. The number of benzene rings is 2. The van der Waals surface area contributed by atoms with Crippen molar-refractivity contribution in [1.82, 2.24) is 14.7 Å². The first-order chi connectivity index (χ1) is 24.1. The van der Waals surface area contributed by atoms with E-state index in [1.165, 1.54) is 30.4 Å². The van der Waals surface area contributed by atoms with Gasteiger partial charge >= 0.3 is 46.9 Å². The fourth-order valence-electron chi connectivity index (χ4n) is 6.38. The molecular weight excluding hydrogens is 828 g/mol. The van der Waals surface area contributed by atoms with Crippen LogP contribution < -0.4 is 10.2 Å². The molecule has 0 aliphatic carbocycles. The van der Waals surface area contributed by atoms with Crippen LogP contribution in [0.3, 0.4) is 0 Å². The summed E-state index contributed by atoms with van der Waals surface area (Å²) in [6.07, 6.45) is 3.92. The van der Waals surface area contributed by atoms with Gasteiger partial charge in [0.1, 0.15) is 0 Å². The van der Waals surface area contributed by atoms with Crippen LogP contribution in [0.25, 0.3) is 5.32 Å². The number of rotatable bonds is 9. The minimum atomic E-state index is -0.244. The summed E-state index contributed by atoms with van der Waals surface area (Å²) in [6.45, 7) is 39.2. The summed E-state index contributed by atoms with van der Waals surface area (Å²) in [7, 11) is 4.12. The first-order valence-corrected chi connectivity index (χ1v) is 20.2. The third-order valence-corrected chi connectivity index (χ3v) is 9.72. The molecule has 1 radical (unpaired) electrons. The van der Waals surface area contributed by atoms with Gasteiger partial charge in [-0.25, -0.2) is 0 Å². The van der Waals surface area contributed by atoms with Gasteiger partial charge < -0.3 is 30.3 Å². The number of guanidine groups is 1. The second kappa shape index (κ2) is 21.0. The summed E-state index contributed by atoms with van der Waals surface area (Å²) in [5, 5.41) is 32.1. The minimum absolute atomic E-state index is 0. The van der Waals surface area contributed by atoms with E-state index in [4.69, 9.17) is 0 Å². The van der Waals surface area contributed by atoms with Crippen molar-refractivity contribution in [3.05, 3.63) is 63.0 Å².